The Hall–Kier alpha value is -2.83. The van der Waals surface area contributed by atoms with E-state index in [0.717, 1.165) is 56.6 Å². The summed E-state index contributed by atoms with van der Waals surface area (Å²) in [5.74, 6) is 0.202. The Kier molecular flexibility index (Phi) is 7.22. The van der Waals surface area contributed by atoms with Crippen LogP contribution >= 0.6 is 0 Å². The lowest BCUT2D eigenvalue weighted by molar-refractivity contribution is 0.0792. The van der Waals surface area contributed by atoms with Gasteiger partial charge in [0.25, 0.3) is 0 Å². The Labute approximate surface area is 182 Å². The van der Waals surface area contributed by atoms with Gasteiger partial charge in [0.2, 0.25) is 5.88 Å². The predicted molar refractivity (Wildman–Crippen MR) is 117 cm³/mol. The van der Waals surface area contributed by atoms with E-state index in [4.69, 9.17) is 4.74 Å². The van der Waals surface area contributed by atoms with E-state index in [9.17, 15) is 9.50 Å². The molecule has 0 amide bonds. The molecular formula is C25H28FN3O2. The summed E-state index contributed by atoms with van der Waals surface area (Å²) in [5, 5.41) is 18.0. The van der Waals surface area contributed by atoms with Crippen LogP contribution in [-0.4, -0.2) is 39.4 Å². The molecule has 0 spiro atoms. The van der Waals surface area contributed by atoms with Crippen molar-refractivity contribution in [2.24, 2.45) is 0 Å². The summed E-state index contributed by atoms with van der Waals surface area (Å²) in [6.07, 6.45) is 3.33. The highest BCUT2D eigenvalue weighted by Crippen LogP contribution is 2.15. The van der Waals surface area contributed by atoms with Gasteiger partial charge in [-0.05, 0) is 60.6 Å². The van der Waals surface area contributed by atoms with Crippen LogP contribution in [0.3, 0.4) is 0 Å². The van der Waals surface area contributed by atoms with Crippen molar-refractivity contribution < 1.29 is 14.2 Å². The van der Waals surface area contributed by atoms with Crippen LogP contribution in [0.25, 0.3) is 0 Å². The van der Waals surface area contributed by atoms with Crippen molar-refractivity contribution in [3.63, 3.8) is 0 Å². The van der Waals surface area contributed by atoms with Crippen LogP contribution in [-0.2, 0) is 26.0 Å². The molecule has 6 heteroatoms. The number of aliphatic hydroxyl groups excluding tert-OH is 1. The number of hydrogen-bond donors (Lipinski definition) is 1. The van der Waals surface area contributed by atoms with Crippen LogP contribution in [0, 0.1) is 5.82 Å². The number of aromatic nitrogens is 2. The molecule has 31 heavy (non-hydrogen) atoms. The molecule has 0 aliphatic carbocycles. The van der Waals surface area contributed by atoms with Crippen LogP contribution in [0.2, 0.25) is 0 Å². The Bertz CT molecular complexity index is 938. The van der Waals surface area contributed by atoms with Gasteiger partial charge in [-0.2, -0.15) is 5.10 Å². The third-order valence-corrected chi connectivity index (χ3v) is 5.65. The lowest BCUT2D eigenvalue weighted by Crippen LogP contribution is -2.35. The zero-order valence-corrected chi connectivity index (χ0v) is 17.6. The van der Waals surface area contributed by atoms with Crippen molar-refractivity contribution in [3.8, 4) is 5.88 Å². The van der Waals surface area contributed by atoms with Gasteiger partial charge < -0.3 is 9.84 Å². The Morgan fingerprint density at radius 1 is 0.839 bits per heavy atom. The van der Waals surface area contributed by atoms with Crippen molar-refractivity contribution in [2.45, 2.75) is 44.9 Å². The largest absolute Gasteiger partial charge is 0.472 e. The fourth-order valence-corrected chi connectivity index (χ4v) is 3.72. The summed E-state index contributed by atoms with van der Waals surface area (Å²) in [4.78, 5) is 2.40. The van der Waals surface area contributed by atoms with Gasteiger partial charge in [0.1, 0.15) is 12.4 Å². The molecule has 3 aromatic rings. The lowest BCUT2D eigenvalue weighted by atomic mass is 10.0. The topological polar surface area (TPSA) is 58.5 Å². The van der Waals surface area contributed by atoms with Gasteiger partial charge in [-0.15, -0.1) is 5.10 Å². The van der Waals surface area contributed by atoms with E-state index in [1.54, 1.807) is 12.1 Å². The fourth-order valence-electron chi connectivity index (χ4n) is 3.72. The van der Waals surface area contributed by atoms with Gasteiger partial charge in [0.15, 0.2) is 0 Å². The molecule has 1 aliphatic heterocycles. The molecular weight excluding hydrogens is 393 g/mol. The van der Waals surface area contributed by atoms with E-state index in [-0.39, 0.29) is 11.9 Å². The summed E-state index contributed by atoms with van der Waals surface area (Å²) in [7, 11) is 0. The van der Waals surface area contributed by atoms with Crippen molar-refractivity contribution >= 4 is 0 Å². The number of aryl methyl sites for hydroxylation is 2. The van der Waals surface area contributed by atoms with Gasteiger partial charge in [-0.25, -0.2) is 4.39 Å². The van der Waals surface area contributed by atoms with E-state index in [1.165, 1.54) is 23.3 Å². The second kappa shape index (κ2) is 10.5. The van der Waals surface area contributed by atoms with Crippen LogP contribution < -0.4 is 4.74 Å². The molecule has 1 N–H and O–H groups in total. The summed E-state index contributed by atoms with van der Waals surface area (Å²) < 4.78 is 18.6. The van der Waals surface area contributed by atoms with Crippen molar-refractivity contribution in [2.75, 3.05) is 13.1 Å². The zero-order chi connectivity index (χ0) is 21.5. The highest BCUT2D eigenvalue weighted by molar-refractivity contribution is 5.24. The average Bonchev–Trinajstić information content (AvgIpc) is 2.80. The first kappa shape index (κ1) is 21.4. The minimum absolute atomic E-state index is 0.128. The second-order valence-corrected chi connectivity index (χ2v) is 8.10. The van der Waals surface area contributed by atoms with E-state index < -0.39 is 0 Å². The van der Waals surface area contributed by atoms with Crippen LogP contribution in [0.5, 0.6) is 5.88 Å². The van der Waals surface area contributed by atoms with Gasteiger partial charge >= 0.3 is 0 Å². The third-order valence-electron chi connectivity index (χ3n) is 5.65. The zero-order valence-electron chi connectivity index (χ0n) is 17.6. The summed E-state index contributed by atoms with van der Waals surface area (Å²) in [5.41, 5.74) is 4.39. The van der Waals surface area contributed by atoms with E-state index >= 15 is 0 Å². The first-order valence-corrected chi connectivity index (χ1v) is 10.8. The Morgan fingerprint density at radius 2 is 1.52 bits per heavy atom. The third kappa shape index (κ3) is 6.57. The number of halogens is 1. The molecule has 4 rings (SSSR count). The van der Waals surface area contributed by atoms with Gasteiger partial charge in [0.05, 0.1) is 11.8 Å². The standard InChI is InChI=1S/C25H28FN3O2/c26-22-8-5-21(6-9-22)18-31-25-12-11-23(27-28-25)10-7-19-1-3-20(4-2-19)17-29-15-13-24(30)14-16-29/h1-6,8-9,11-12,24,30H,7,10,13-18H2. The molecule has 0 atom stereocenters. The van der Waals surface area contributed by atoms with E-state index in [1.807, 2.05) is 12.1 Å². The molecule has 0 unspecified atom stereocenters. The van der Waals surface area contributed by atoms with E-state index in [2.05, 4.69) is 39.4 Å². The molecule has 2 heterocycles. The summed E-state index contributed by atoms with van der Waals surface area (Å²) in [6, 6.07) is 18.7. The molecule has 0 bridgehead atoms. The minimum Gasteiger partial charge on any atom is -0.472 e. The molecule has 0 saturated carbocycles. The molecule has 0 radical (unpaired) electrons. The fraction of sp³-hybridized carbons (Fsp3) is 0.360. The van der Waals surface area contributed by atoms with E-state index in [0.29, 0.717) is 12.5 Å². The maximum absolute atomic E-state index is 12.9. The number of hydrogen-bond acceptors (Lipinski definition) is 5. The smallest absolute Gasteiger partial charge is 0.233 e. The predicted octanol–water partition coefficient (Wildman–Crippen LogP) is 3.94. The van der Waals surface area contributed by atoms with Crippen LogP contribution in [0.1, 0.15) is 35.2 Å². The lowest BCUT2D eigenvalue weighted by Gasteiger charge is -2.29. The van der Waals surface area contributed by atoms with Crippen molar-refractivity contribution in [1.82, 2.24) is 15.1 Å². The molecule has 1 aromatic heterocycles. The molecule has 2 aromatic carbocycles. The monoisotopic (exact) mass is 421 g/mol. The Morgan fingerprint density at radius 3 is 2.19 bits per heavy atom. The number of nitrogens with zero attached hydrogens (tertiary/aromatic N) is 3. The molecule has 1 saturated heterocycles. The quantitative estimate of drug-likeness (QED) is 0.597. The molecule has 162 valence electrons. The second-order valence-electron chi connectivity index (χ2n) is 8.10. The van der Waals surface area contributed by atoms with Gasteiger partial charge in [0, 0.05) is 25.7 Å². The normalized spacial score (nSPS) is 15.2. The maximum atomic E-state index is 12.9. The van der Waals surface area contributed by atoms with Gasteiger partial charge in [-0.3, -0.25) is 4.90 Å². The summed E-state index contributed by atoms with van der Waals surface area (Å²) in [6.45, 7) is 3.20. The number of likely N-dealkylation sites (tertiary alicyclic amines) is 1. The van der Waals surface area contributed by atoms with Crippen LogP contribution in [0.15, 0.2) is 60.7 Å². The first-order valence-electron chi connectivity index (χ1n) is 10.8. The number of ether oxygens (including phenoxy) is 1. The molecule has 1 aliphatic rings. The Balaban J connectivity index is 1.22. The number of rotatable bonds is 8. The SMILES string of the molecule is OC1CCN(Cc2ccc(CCc3ccc(OCc4ccc(F)cc4)nn3)cc2)CC1. The average molecular weight is 422 g/mol. The highest BCUT2D eigenvalue weighted by atomic mass is 19.1. The highest BCUT2D eigenvalue weighted by Gasteiger charge is 2.16. The number of benzene rings is 2. The van der Waals surface area contributed by atoms with Crippen molar-refractivity contribution in [3.05, 3.63) is 88.9 Å². The first-order chi connectivity index (χ1) is 15.1. The van der Waals surface area contributed by atoms with Crippen molar-refractivity contribution in [1.29, 1.82) is 0 Å². The summed E-state index contributed by atoms with van der Waals surface area (Å²) >= 11 is 0. The van der Waals surface area contributed by atoms with Crippen LogP contribution in [0.4, 0.5) is 4.39 Å². The molecule has 1 fully saturated rings. The maximum Gasteiger partial charge on any atom is 0.233 e. The minimum atomic E-state index is -0.259. The molecule has 5 nitrogen and oxygen atoms in total. The number of piperidine rings is 1. The van der Waals surface area contributed by atoms with Gasteiger partial charge in [-0.1, -0.05) is 36.4 Å². The number of aliphatic hydroxyl groups is 1.